The summed E-state index contributed by atoms with van der Waals surface area (Å²) in [5.41, 5.74) is -0.926. The number of nitrogens with one attached hydrogen (secondary N) is 1. The van der Waals surface area contributed by atoms with Gasteiger partial charge in [0.15, 0.2) is 0 Å². The van der Waals surface area contributed by atoms with Crippen LogP contribution in [0.1, 0.15) is 11.4 Å². The molecule has 0 aliphatic heterocycles. The highest BCUT2D eigenvalue weighted by atomic mass is 19.4. The largest absolute Gasteiger partial charge is 0.417 e. The van der Waals surface area contributed by atoms with Crippen molar-refractivity contribution in [2.75, 3.05) is 12.4 Å². The number of aryl methyl sites for hydroxylation is 1. The van der Waals surface area contributed by atoms with Gasteiger partial charge in [-0.1, -0.05) is 12.1 Å². The molecule has 3 rings (SSSR count). The molecule has 0 unspecified atom stereocenters. The normalized spacial score (nSPS) is 11.8. The molecular formula is C17H13F4N3. The third-order valence-corrected chi connectivity index (χ3v) is 3.65. The zero-order chi connectivity index (χ0) is 17.5. The quantitative estimate of drug-likeness (QED) is 0.683. The van der Waals surface area contributed by atoms with Crippen molar-refractivity contribution >= 4 is 16.7 Å². The predicted molar refractivity (Wildman–Crippen MR) is 84.2 cm³/mol. The highest BCUT2D eigenvalue weighted by Gasteiger charge is 2.35. The van der Waals surface area contributed by atoms with E-state index in [1.54, 1.807) is 20.0 Å². The molecule has 124 valence electrons. The molecule has 1 N–H and O–H groups in total. The van der Waals surface area contributed by atoms with Gasteiger partial charge >= 0.3 is 6.18 Å². The Morgan fingerprint density at radius 3 is 2.46 bits per heavy atom. The second-order valence-electron chi connectivity index (χ2n) is 5.26. The highest BCUT2D eigenvalue weighted by Crippen LogP contribution is 2.39. The number of hydrogen-bond acceptors (Lipinski definition) is 3. The summed E-state index contributed by atoms with van der Waals surface area (Å²) in [5.74, 6) is 0.103. The second-order valence-corrected chi connectivity index (χ2v) is 5.26. The van der Waals surface area contributed by atoms with Gasteiger partial charge in [0.1, 0.15) is 17.5 Å². The Bertz CT molecular complexity index is 920. The monoisotopic (exact) mass is 335 g/mol. The van der Waals surface area contributed by atoms with Crippen molar-refractivity contribution in [2.24, 2.45) is 0 Å². The molecule has 2 aromatic carbocycles. The summed E-state index contributed by atoms with van der Waals surface area (Å²) in [6.07, 6.45) is -4.65. The van der Waals surface area contributed by atoms with E-state index in [1.807, 2.05) is 0 Å². The molecule has 0 bridgehead atoms. The SMILES string of the molecule is CNc1nc(C)nc2cc(-c3c(F)cccc3C(F)(F)F)ccc12. The molecule has 0 aliphatic carbocycles. The van der Waals surface area contributed by atoms with Crippen LogP contribution in [0.3, 0.4) is 0 Å². The Kier molecular flexibility index (Phi) is 3.87. The van der Waals surface area contributed by atoms with Crippen LogP contribution in [0.4, 0.5) is 23.4 Å². The van der Waals surface area contributed by atoms with Crippen LogP contribution in [-0.2, 0) is 6.18 Å². The number of halogens is 4. The van der Waals surface area contributed by atoms with Crippen molar-refractivity contribution in [1.29, 1.82) is 0 Å². The molecule has 0 fully saturated rings. The standard InChI is InChI=1S/C17H13F4N3/c1-9-23-14-8-10(6-7-11(14)16(22-2)24-9)15-12(17(19,20)21)4-3-5-13(15)18/h3-8H,1-2H3,(H,22,23,24). The van der Waals surface area contributed by atoms with Gasteiger partial charge in [-0.15, -0.1) is 0 Å². The predicted octanol–water partition coefficient (Wildman–Crippen LogP) is 4.80. The molecule has 0 amide bonds. The molecule has 0 saturated heterocycles. The van der Waals surface area contributed by atoms with E-state index in [9.17, 15) is 17.6 Å². The lowest BCUT2D eigenvalue weighted by Gasteiger charge is -2.14. The third-order valence-electron chi connectivity index (χ3n) is 3.65. The van der Waals surface area contributed by atoms with Crippen LogP contribution < -0.4 is 5.32 Å². The minimum Gasteiger partial charge on any atom is -0.373 e. The number of benzene rings is 2. The van der Waals surface area contributed by atoms with Crippen molar-refractivity contribution in [3.63, 3.8) is 0 Å². The molecule has 1 heterocycles. The van der Waals surface area contributed by atoms with Crippen LogP contribution in [0.15, 0.2) is 36.4 Å². The Hall–Kier alpha value is -2.70. The van der Waals surface area contributed by atoms with Gasteiger partial charge in [0.2, 0.25) is 0 Å². The van der Waals surface area contributed by atoms with Gasteiger partial charge in [-0.3, -0.25) is 0 Å². The fraction of sp³-hybridized carbons (Fsp3) is 0.176. The highest BCUT2D eigenvalue weighted by molar-refractivity contribution is 5.92. The Morgan fingerprint density at radius 1 is 1.04 bits per heavy atom. The number of nitrogens with zero attached hydrogens (tertiary/aromatic N) is 2. The Labute approximate surface area is 135 Å². The van der Waals surface area contributed by atoms with Crippen LogP contribution in [0.25, 0.3) is 22.0 Å². The van der Waals surface area contributed by atoms with E-state index >= 15 is 0 Å². The molecule has 0 spiro atoms. The maximum absolute atomic E-state index is 14.1. The van der Waals surface area contributed by atoms with E-state index in [2.05, 4.69) is 15.3 Å². The molecular weight excluding hydrogens is 322 g/mol. The van der Waals surface area contributed by atoms with Gasteiger partial charge in [0.25, 0.3) is 0 Å². The molecule has 7 heteroatoms. The minimum absolute atomic E-state index is 0.119. The van der Waals surface area contributed by atoms with Gasteiger partial charge in [0, 0.05) is 18.0 Å². The average molecular weight is 335 g/mol. The topological polar surface area (TPSA) is 37.8 Å². The molecule has 0 atom stereocenters. The molecule has 3 nitrogen and oxygen atoms in total. The fourth-order valence-corrected chi connectivity index (χ4v) is 2.65. The zero-order valence-electron chi connectivity index (χ0n) is 12.9. The van der Waals surface area contributed by atoms with Crippen LogP contribution in [-0.4, -0.2) is 17.0 Å². The maximum Gasteiger partial charge on any atom is 0.417 e. The molecule has 24 heavy (non-hydrogen) atoms. The van der Waals surface area contributed by atoms with Crippen LogP contribution in [0.2, 0.25) is 0 Å². The van der Waals surface area contributed by atoms with Crippen molar-refractivity contribution in [1.82, 2.24) is 9.97 Å². The molecule has 3 aromatic rings. The van der Waals surface area contributed by atoms with Gasteiger partial charge in [-0.2, -0.15) is 13.2 Å². The van der Waals surface area contributed by atoms with E-state index in [-0.39, 0.29) is 5.56 Å². The second kappa shape index (κ2) is 5.74. The van der Waals surface area contributed by atoms with E-state index in [0.717, 1.165) is 18.2 Å². The first-order valence-corrected chi connectivity index (χ1v) is 7.13. The van der Waals surface area contributed by atoms with Crippen LogP contribution in [0, 0.1) is 12.7 Å². The summed E-state index contributed by atoms with van der Waals surface area (Å²) < 4.78 is 53.8. The van der Waals surface area contributed by atoms with Crippen LogP contribution >= 0.6 is 0 Å². The maximum atomic E-state index is 14.1. The van der Waals surface area contributed by atoms with E-state index < -0.39 is 23.1 Å². The van der Waals surface area contributed by atoms with Crippen molar-refractivity contribution in [3.8, 4) is 11.1 Å². The van der Waals surface area contributed by atoms with Gasteiger partial charge in [-0.25, -0.2) is 14.4 Å². The number of rotatable bonds is 2. The summed E-state index contributed by atoms with van der Waals surface area (Å²) in [4.78, 5) is 8.46. The van der Waals surface area contributed by atoms with E-state index in [1.165, 1.54) is 12.1 Å². The first kappa shape index (κ1) is 16.2. The zero-order valence-corrected chi connectivity index (χ0v) is 12.9. The number of hydrogen-bond donors (Lipinski definition) is 1. The average Bonchev–Trinajstić information content (AvgIpc) is 2.52. The van der Waals surface area contributed by atoms with Gasteiger partial charge < -0.3 is 5.32 Å². The summed E-state index contributed by atoms with van der Waals surface area (Å²) >= 11 is 0. The van der Waals surface area contributed by atoms with Crippen molar-refractivity contribution < 1.29 is 17.6 Å². The van der Waals surface area contributed by atoms with Crippen molar-refractivity contribution in [2.45, 2.75) is 13.1 Å². The fourth-order valence-electron chi connectivity index (χ4n) is 2.65. The lowest BCUT2D eigenvalue weighted by molar-refractivity contribution is -0.137. The number of alkyl halides is 3. The van der Waals surface area contributed by atoms with Crippen LogP contribution in [0.5, 0.6) is 0 Å². The first-order chi connectivity index (χ1) is 11.3. The number of anilines is 1. The molecule has 0 radical (unpaired) electrons. The summed E-state index contributed by atoms with van der Waals surface area (Å²) in [6, 6.07) is 7.40. The Balaban J connectivity index is 2.29. The lowest BCUT2D eigenvalue weighted by atomic mass is 9.97. The lowest BCUT2D eigenvalue weighted by Crippen LogP contribution is -2.08. The van der Waals surface area contributed by atoms with E-state index in [4.69, 9.17) is 0 Å². The molecule has 0 aliphatic rings. The Morgan fingerprint density at radius 2 is 1.79 bits per heavy atom. The number of fused-ring (bicyclic) bond motifs is 1. The minimum atomic E-state index is -4.65. The summed E-state index contributed by atoms with van der Waals surface area (Å²) in [5, 5.41) is 3.56. The van der Waals surface area contributed by atoms with Crippen molar-refractivity contribution in [3.05, 3.63) is 53.6 Å². The van der Waals surface area contributed by atoms with Gasteiger partial charge in [0.05, 0.1) is 11.1 Å². The summed E-state index contributed by atoms with van der Waals surface area (Å²) in [6.45, 7) is 1.68. The summed E-state index contributed by atoms with van der Waals surface area (Å²) in [7, 11) is 1.69. The first-order valence-electron chi connectivity index (χ1n) is 7.13. The van der Waals surface area contributed by atoms with E-state index in [0.29, 0.717) is 22.5 Å². The van der Waals surface area contributed by atoms with Gasteiger partial charge in [-0.05, 0) is 36.8 Å². The number of aromatic nitrogens is 2. The smallest absolute Gasteiger partial charge is 0.373 e. The third kappa shape index (κ3) is 2.77. The molecule has 1 aromatic heterocycles. The molecule has 0 saturated carbocycles.